The lowest BCUT2D eigenvalue weighted by Crippen LogP contribution is -2.33. The Morgan fingerprint density at radius 2 is 1.73 bits per heavy atom. The van der Waals surface area contributed by atoms with E-state index >= 15 is 0 Å². The predicted molar refractivity (Wildman–Crippen MR) is 99.9 cm³/mol. The van der Waals surface area contributed by atoms with Crippen molar-refractivity contribution < 1.29 is 14.4 Å². The number of aryl methyl sites for hydroxylation is 1. The molecular weight excluding hydrogens is 330 g/mol. The van der Waals surface area contributed by atoms with E-state index in [-0.39, 0.29) is 30.2 Å². The number of benzene rings is 2. The van der Waals surface area contributed by atoms with Gasteiger partial charge in [0.1, 0.15) is 0 Å². The number of hydrogen-bond donors (Lipinski definition) is 3. The van der Waals surface area contributed by atoms with E-state index in [2.05, 4.69) is 16.0 Å². The molecule has 0 saturated heterocycles. The molecule has 3 amide bonds. The average Bonchev–Trinajstić information content (AvgIpc) is 3.48. The first-order chi connectivity index (χ1) is 12.5. The molecule has 1 fully saturated rings. The number of carbonyl (C=O) groups is 3. The summed E-state index contributed by atoms with van der Waals surface area (Å²) in [5.74, 6) is -0.515. The topological polar surface area (TPSA) is 87.3 Å². The SMILES string of the molecule is Cc1ccc(NC(=O)c2ccccc2)cc1NC(=O)CNC(=O)C1CC1. The van der Waals surface area contributed by atoms with E-state index in [4.69, 9.17) is 0 Å². The van der Waals surface area contributed by atoms with Crippen LogP contribution in [0.5, 0.6) is 0 Å². The third kappa shape index (κ3) is 4.69. The molecule has 26 heavy (non-hydrogen) atoms. The summed E-state index contributed by atoms with van der Waals surface area (Å²) in [4.78, 5) is 35.9. The molecule has 2 aromatic carbocycles. The normalized spacial score (nSPS) is 13.0. The van der Waals surface area contributed by atoms with Crippen LogP contribution in [0, 0.1) is 12.8 Å². The van der Waals surface area contributed by atoms with Gasteiger partial charge in [0.05, 0.1) is 6.54 Å². The molecule has 2 aromatic rings. The summed E-state index contributed by atoms with van der Waals surface area (Å²) in [7, 11) is 0. The van der Waals surface area contributed by atoms with Crippen molar-refractivity contribution in [1.82, 2.24) is 5.32 Å². The highest BCUT2D eigenvalue weighted by molar-refractivity contribution is 6.05. The third-order valence-corrected chi connectivity index (χ3v) is 4.18. The maximum Gasteiger partial charge on any atom is 0.255 e. The lowest BCUT2D eigenvalue weighted by atomic mass is 10.1. The van der Waals surface area contributed by atoms with Crippen molar-refractivity contribution in [2.45, 2.75) is 19.8 Å². The Labute approximate surface area is 152 Å². The Bertz CT molecular complexity index is 829. The van der Waals surface area contributed by atoms with Crippen molar-refractivity contribution in [1.29, 1.82) is 0 Å². The highest BCUT2D eigenvalue weighted by Crippen LogP contribution is 2.28. The first kappa shape index (κ1) is 17.7. The van der Waals surface area contributed by atoms with Crippen molar-refractivity contribution in [3.63, 3.8) is 0 Å². The molecule has 0 aliphatic heterocycles. The maximum atomic E-state index is 12.2. The largest absolute Gasteiger partial charge is 0.347 e. The molecule has 1 aliphatic carbocycles. The number of amides is 3. The fraction of sp³-hybridized carbons (Fsp3) is 0.250. The van der Waals surface area contributed by atoms with Gasteiger partial charge in [-0.3, -0.25) is 14.4 Å². The molecule has 3 N–H and O–H groups in total. The van der Waals surface area contributed by atoms with Crippen LogP contribution in [0.2, 0.25) is 0 Å². The quantitative estimate of drug-likeness (QED) is 0.748. The van der Waals surface area contributed by atoms with E-state index in [1.54, 1.807) is 36.4 Å². The molecule has 0 atom stereocenters. The van der Waals surface area contributed by atoms with Gasteiger partial charge in [-0.25, -0.2) is 0 Å². The van der Waals surface area contributed by atoms with Crippen molar-refractivity contribution >= 4 is 29.1 Å². The fourth-order valence-electron chi connectivity index (χ4n) is 2.48. The smallest absolute Gasteiger partial charge is 0.255 e. The lowest BCUT2D eigenvalue weighted by molar-refractivity contribution is -0.125. The molecular formula is C20H21N3O3. The van der Waals surface area contributed by atoms with E-state index in [9.17, 15) is 14.4 Å². The zero-order valence-electron chi connectivity index (χ0n) is 14.5. The second kappa shape index (κ2) is 7.82. The van der Waals surface area contributed by atoms with Crippen LogP contribution < -0.4 is 16.0 Å². The van der Waals surface area contributed by atoms with Crippen LogP contribution >= 0.6 is 0 Å². The number of nitrogens with one attached hydrogen (secondary N) is 3. The molecule has 0 spiro atoms. The average molecular weight is 351 g/mol. The number of rotatable bonds is 6. The first-order valence-electron chi connectivity index (χ1n) is 8.57. The first-order valence-corrected chi connectivity index (χ1v) is 8.57. The second-order valence-electron chi connectivity index (χ2n) is 6.39. The van der Waals surface area contributed by atoms with Crippen LogP contribution in [-0.2, 0) is 9.59 Å². The summed E-state index contributed by atoms with van der Waals surface area (Å²) in [5, 5.41) is 8.22. The summed E-state index contributed by atoms with van der Waals surface area (Å²) < 4.78 is 0. The molecule has 1 aliphatic rings. The van der Waals surface area contributed by atoms with Gasteiger partial charge in [0, 0.05) is 22.9 Å². The zero-order chi connectivity index (χ0) is 18.5. The minimum absolute atomic E-state index is 0.0601. The molecule has 0 radical (unpaired) electrons. The summed E-state index contributed by atoms with van der Waals surface area (Å²) >= 11 is 0. The van der Waals surface area contributed by atoms with Crippen LogP contribution in [0.3, 0.4) is 0 Å². The van der Waals surface area contributed by atoms with Gasteiger partial charge in [0.2, 0.25) is 11.8 Å². The van der Waals surface area contributed by atoms with Gasteiger partial charge in [-0.2, -0.15) is 0 Å². The molecule has 6 heteroatoms. The van der Waals surface area contributed by atoms with E-state index in [1.807, 2.05) is 19.1 Å². The fourth-order valence-corrected chi connectivity index (χ4v) is 2.48. The van der Waals surface area contributed by atoms with Crippen LogP contribution in [0.4, 0.5) is 11.4 Å². The number of anilines is 2. The molecule has 134 valence electrons. The van der Waals surface area contributed by atoms with Crippen LogP contribution in [-0.4, -0.2) is 24.3 Å². The molecule has 0 unspecified atom stereocenters. The number of hydrogen-bond acceptors (Lipinski definition) is 3. The van der Waals surface area contributed by atoms with E-state index in [0.717, 1.165) is 18.4 Å². The molecule has 1 saturated carbocycles. The van der Waals surface area contributed by atoms with Gasteiger partial charge in [-0.05, 0) is 49.6 Å². The Balaban J connectivity index is 1.60. The molecule has 0 bridgehead atoms. The monoisotopic (exact) mass is 351 g/mol. The third-order valence-electron chi connectivity index (χ3n) is 4.18. The van der Waals surface area contributed by atoms with Gasteiger partial charge >= 0.3 is 0 Å². The Kier molecular flexibility index (Phi) is 5.31. The molecule has 6 nitrogen and oxygen atoms in total. The van der Waals surface area contributed by atoms with Crippen molar-refractivity contribution in [2.75, 3.05) is 17.2 Å². The van der Waals surface area contributed by atoms with Crippen molar-refractivity contribution in [3.05, 3.63) is 59.7 Å². The maximum absolute atomic E-state index is 12.2. The van der Waals surface area contributed by atoms with Gasteiger partial charge in [0.15, 0.2) is 0 Å². The summed E-state index contributed by atoms with van der Waals surface area (Å²) in [5.41, 5.74) is 2.61. The summed E-state index contributed by atoms with van der Waals surface area (Å²) in [6.45, 7) is 1.80. The van der Waals surface area contributed by atoms with Gasteiger partial charge < -0.3 is 16.0 Å². The van der Waals surface area contributed by atoms with Gasteiger partial charge in [-0.1, -0.05) is 24.3 Å². The second-order valence-corrected chi connectivity index (χ2v) is 6.39. The molecule has 0 aromatic heterocycles. The number of carbonyl (C=O) groups excluding carboxylic acids is 3. The van der Waals surface area contributed by atoms with E-state index in [1.165, 1.54) is 0 Å². The Hall–Kier alpha value is -3.15. The molecule has 0 heterocycles. The van der Waals surface area contributed by atoms with Gasteiger partial charge in [0.25, 0.3) is 5.91 Å². The Morgan fingerprint density at radius 3 is 2.42 bits per heavy atom. The minimum Gasteiger partial charge on any atom is -0.347 e. The van der Waals surface area contributed by atoms with Crippen molar-refractivity contribution in [2.24, 2.45) is 5.92 Å². The van der Waals surface area contributed by atoms with Crippen LogP contribution in [0.15, 0.2) is 48.5 Å². The highest BCUT2D eigenvalue weighted by atomic mass is 16.2. The standard InChI is InChI=1S/C20H21N3O3/c1-13-7-10-16(22-20(26)14-5-3-2-4-6-14)11-17(13)23-18(24)12-21-19(25)15-8-9-15/h2-7,10-11,15H,8-9,12H2,1H3,(H,21,25)(H,22,26)(H,23,24). The lowest BCUT2D eigenvalue weighted by Gasteiger charge is -2.12. The summed E-state index contributed by atoms with van der Waals surface area (Å²) in [6, 6.07) is 14.2. The Morgan fingerprint density at radius 1 is 1.00 bits per heavy atom. The van der Waals surface area contributed by atoms with E-state index in [0.29, 0.717) is 16.9 Å². The van der Waals surface area contributed by atoms with Crippen LogP contribution in [0.25, 0.3) is 0 Å². The van der Waals surface area contributed by atoms with Gasteiger partial charge in [-0.15, -0.1) is 0 Å². The predicted octanol–water partition coefficient (Wildman–Crippen LogP) is 2.71. The van der Waals surface area contributed by atoms with E-state index < -0.39 is 0 Å². The zero-order valence-corrected chi connectivity index (χ0v) is 14.5. The summed E-state index contributed by atoms with van der Waals surface area (Å²) in [6.07, 6.45) is 1.80. The van der Waals surface area contributed by atoms with Crippen molar-refractivity contribution in [3.8, 4) is 0 Å². The molecule has 3 rings (SSSR count). The van der Waals surface area contributed by atoms with Crippen LogP contribution in [0.1, 0.15) is 28.8 Å². The highest BCUT2D eigenvalue weighted by Gasteiger charge is 2.29. The minimum atomic E-state index is -0.298.